The molecule has 0 fully saturated rings. The Morgan fingerprint density at radius 1 is 0.966 bits per heavy atom. The normalized spacial score (nSPS) is 14.0. The highest BCUT2D eigenvalue weighted by atomic mass is 35.5. The molecular weight excluding hydrogens is 384 g/mol. The fraction of sp³-hybridized carbons (Fsp3) is 0.208. The summed E-state index contributed by atoms with van der Waals surface area (Å²) in [6.07, 6.45) is 0.801. The summed E-state index contributed by atoms with van der Waals surface area (Å²) in [5, 5.41) is 17.9. The van der Waals surface area contributed by atoms with Crippen molar-refractivity contribution in [3.05, 3.63) is 101 Å². The first-order valence-electron chi connectivity index (χ1n) is 9.69. The Labute approximate surface area is 176 Å². The molecule has 5 heteroatoms. The van der Waals surface area contributed by atoms with Crippen LogP contribution < -0.4 is 10.6 Å². The molecule has 3 aromatic carbocycles. The maximum atomic E-state index is 12.9. The number of nitrogens with one attached hydrogen (secondary N) is 2. The monoisotopic (exact) mass is 408 g/mol. The van der Waals surface area contributed by atoms with Crippen LogP contribution in [-0.2, 0) is 10.3 Å². The summed E-state index contributed by atoms with van der Waals surface area (Å²) >= 11 is 6.09. The molecule has 0 saturated carbocycles. The van der Waals surface area contributed by atoms with E-state index in [1.54, 1.807) is 24.3 Å². The van der Waals surface area contributed by atoms with E-state index in [1.165, 1.54) is 0 Å². The number of para-hydroxylation sites is 1. The number of anilines is 1. The minimum absolute atomic E-state index is 0.550. The summed E-state index contributed by atoms with van der Waals surface area (Å²) in [6.45, 7) is 2.57. The lowest BCUT2D eigenvalue weighted by molar-refractivity contribution is -0.146. The second-order valence-electron chi connectivity index (χ2n) is 6.90. The Balaban J connectivity index is 2.20. The van der Waals surface area contributed by atoms with Gasteiger partial charge in [-0.1, -0.05) is 79.2 Å². The molecule has 0 aromatic heterocycles. The van der Waals surface area contributed by atoms with Crippen molar-refractivity contribution in [2.45, 2.75) is 24.9 Å². The molecule has 0 spiro atoms. The van der Waals surface area contributed by atoms with Crippen LogP contribution in [0.3, 0.4) is 0 Å². The number of hydrogen-bond acceptors (Lipinski definition) is 3. The molecule has 150 valence electrons. The van der Waals surface area contributed by atoms with E-state index in [0.717, 1.165) is 17.7 Å². The van der Waals surface area contributed by atoms with Crippen molar-refractivity contribution in [1.82, 2.24) is 5.32 Å². The van der Waals surface area contributed by atoms with Crippen LogP contribution in [0.15, 0.2) is 84.9 Å². The lowest BCUT2D eigenvalue weighted by atomic mass is 9.78. The number of rotatable bonds is 9. The molecule has 0 aliphatic heterocycles. The lowest BCUT2D eigenvalue weighted by Crippen LogP contribution is -2.56. The summed E-state index contributed by atoms with van der Waals surface area (Å²) in [5.41, 5.74) is 0.967. The molecule has 0 bridgehead atoms. The zero-order valence-corrected chi connectivity index (χ0v) is 17.1. The van der Waals surface area contributed by atoms with Gasteiger partial charge in [0.05, 0.1) is 6.04 Å². The van der Waals surface area contributed by atoms with E-state index >= 15 is 0 Å². The minimum atomic E-state index is -1.39. The van der Waals surface area contributed by atoms with Crippen molar-refractivity contribution < 1.29 is 9.90 Å². The van der Waals surface area contributed by atoms with Gasteiger partial charge in [0.2, 0.25) is 0 Å². The highest BCUT2D eigenvalue weighted by Crippen LogP contribution is 2.39. The first-order valence-corrected chi connectivity index (χ1v) is 10.1. The van der Waals surface area contributed by atoms with Gasteiger partial charge >= 0.3 is 5.97 Å². The highest BCUT2D eigenvalue weighted by Gasteiger charge is 2.48. The number of carbonyl (C=O) groups is 1. The third kappa shape index (κ3) is 4.61. The molecule has 0 saturated heterocycles. The Kier molecular flexibility index (Phi) is 6.91. The third-order valence-corrected chi connectivity index (χ3v) is 5.19. The Bertz CT molecular complexity index is 917. The molecule has 29 heavy (non-hydrogen) atoms. The molecule has 0 radical (unpaired) electrons. The van der Waals surface area contributed by atoms with E-state index in [2.05, 4.69) is 10.6 Å². The Morgan fingerprint density at radius 3 is 2.10 bits per heavy atom. The van der Waals surface area contributed by atoms with E-state index in [9.17, 15) is 9.90 Å². The molecule has 2 atom stereocenters. The van der Waals surface area contributed by atoms with E-state index in [-0.39, 0.29) is 0 Å². The van der Waals surface area contributed by atoms with E-state index in [4.69, 9.17) is 11.6 Å². The topological polar surface area (TPSA) is 61.4 Å². The van der Waals surface area contributed by atoms with Gasteiger partial charge in [-0.05, 0) is 48.4 Å². The van der Waals surface area contributed by atoms with Gasteiger partial charge < -0.3 is 10.4 Å². The molecule has 0 aliphatic rings. The van der Waals surface area contributed by atoms with E-state index in [1.807, 2.05) is 67.6 Å². The maximum absolute atomic E-state index is 12.9. The molecular formula is C24H25ClN2O2. The smallest absolute Gasteiger partial charge is 0.331 e. The fourth-order valence-electron chi connectivity index (χ4n) is 3.52. The largest absolute Gasteiger partial charge is 0.480 e. The van der Waals surface area contributed by atoms with Crippen LogP contribution in [0.2, 0.25) is 5.02 Å². The van der Waals surface area contributed by atoms with Crippen LogP contribution in [0.5, 0.6) is 0 Å². The number of aliphatic carboxylic acids is 1. The van der Waals surface area contributed by atoms with Crippen LogP contribution in [0.4, 0.5) is 5.69 Å². The quantitative estimate of drug-likeness (QED) is 0.439. The average Bonchev–Trinajstić information content (AvgIpc) is 2.75. The van der Waals surface area contributed by atoms with Gasteiger partial charge in [0.25, 0.3) is 0 Å². The van der Waals surface area contributed by atoms with Crippen molar-refractivity contribution in [3.8, 4) is 0 Å². The second-order valence-corrected chi connectivity index (χ2v) is 7.34. The predicted molar refractivity (Wildman–Crippen MR) is 118 cm³/mol. The molecule has 4 nitrogen and oxygen atoms in total. The molecule has 1 unspecified atom stereocenters. The zero-order valence-electron chi connectivity index (χ0n) is 16.3. The highest BCUT2D eigenvalue weighted by molar-refractivity contribution is 6.30. The Hall–Kier alpha value is -2.82. The van der Waals surface area contributed by atoms with Gasteiger partial charge in [0.1, 0.15) is 0 Å². The van der Waals surface area contributed by atoms with Crippen LogP contribution in [-0.4, -0.2) is 17.6 Å². The Morgan fingerprint density at radius 2 is 1.55 bits per heavy atom. The number of halogens is 1. The second kappa shape index (κ2) is 9.59. The maximum Gasteiger partial charge on any atom is 0.331 e. The minimum Gasteiger partial charge on any atom is -0.480 e. The van der Waals surface area contributed by atoms with Gasteiger partial charge in [0, 0.05) is 10.7 Å². The van der Waals surface area contributed by atoms with Crippen LogP contribution in [0, 0.1) is 0 Å². The van der Waals surface area contributed by atoms with Crippen LogP contribution >= 0.6 is 11.6 Å². The van der Waals surface area contributed by atoms with Crippen molar-refractivity contribution in [2.24, 2.45) is 0 Å². The van der Waals surface area contributed by atoms with Crippen molar-refractivity contribution in [1.29, 1.82) is 0 Å². The number of hydrogen-bond donors (Lipinski definition) is 3. The SMILES string of the molecule is CCCN[C@@](C(=O)O)(c1ccc(Cl)cc1)C(Nc1ccccc1)c1ccccc1. The number of carboxylic acid groups (broad SMARTS) is 1. The molecule has 0 aliphatic carbocycles. The molecule has 3 aromatic rings. The summed E-state index contributed by atoms with van der Waals surface area (Å²) in [5.74, 6) is -0.953. The zero-order chi connectivity index (χ0) is 20.7. The molecule has 0 amide bonds. The van der Waals surface area contributed by atoms with Crippen LogP contribution in [0.1, 0.15) is 30.5 Å². The van der Waals surface area contributed by atoms with Crippen molar-refractivity contribution in [2.75, 3.05) is 11.9 Å². The number of carboxylic acids is 1. The summed E-state index contributed by atoms with van der Waals surface area (Å²) < 4.78 is 0. The fourth-order valence-corrected chi connectivity index (χ4v) is 3.64. The van der Waals surface area contributed by atoms with Gasteiger partial charge in [0.15, 0.2) is 5.54 Å². The van der Waals surface area contributed by atoms with Gasteiger partial charge in [-0.15, -0.1) is 0 Å². The lowest BCUT2D eigenvalue weighted by Gasteiger charge is -2.40. The molecule has 3 N–H and O–H groups in total. The van der Waals surface area contributed by atoms with E-state index < -0.39 is 17.6 Å². The summed E-state index contributed by atoms with van der Waals surface area (Å²) in [7, 11) is 0. The van der Waals surface area contributed by atoms with Gasteiger partial charge in [-0.3, -0.25) is 5.32 Å². The predicted octanol–water partition coefficient (Wildman–Crippen LogP) is 5.47. The van der Waals surface area contributed by atoms with Gasteiger partial charge in [-0.2, -0.15) is 0 Å². The van der Waals surface area contributed by atoms with Crippen molar-refractivity contribution >= 4 is 23.3 Å². The molecule has 0 heterocycles. The molecule has 3 rings (SSSR count). The van der Waals surface area contributed by atoms with Crippen molar-refractivity contribution in [3.63, 3.8) is 0 Å². The standard InChI is InChI=1S/C24H25ClN2O2/c1-2-17-26-24(23(28)29,19-13-15-20(25)16-14-19)22(18-9-5-3-6-10-18)27-21-11-7-4-8-12-21/h3-16,22,26-27H,2,17H2,1H3,(H,28,29)/t22?,24-/m0/s1. The number of benzene rings is 3. The van der Waals surface area contributed by atoms with Crippen LogP contribution in [0.25, 0.3) is 0 Å². The van der Waals surface area contributed by atoms with Gasteiger partial charge in [-0.25, -0.2) is 4.79 Å². The third-order valence-electron chi connectivity index (χ3n) is 4.94. The van der Waals surface area contributed by atoms with E-state index in [0.29, 0.717) is 17.1 Å². The average molecular weight is 409 g/mol. The summed E-state index contributed by atoms with van der Waals surface area (Å²) in [6, 6.07) is 25.8. The first kappa shape index (κ1) is 20.9. The summed E-state index contributed by atoms with van der Waals surface area (Å²) in [4.78, 5) is 12.9. The first-order chi connectivity index (χ1) is 14.1.